The third-order valence-electron chi connectivity index (χ3n) is 5.71. The maximum atomic E-state index is 12.1. The predicted molar refractivity (Wildman–Crippen MR) is 104 cm³/mol. The molecule has 0 radical (unpaired) electrons. The minimum atomic E-state index is -1.04. The van der Waals surface area contributed by atoms with Crippen LogP contribution in [0.4, 0.5) is 0 Å². The van der Waals surface area contributed by atoms with Crippen LogP contribution in [-0.2, 0) is 5.60 Å². The molecule has 1 N–H and O–H groups in total. The van der Waals surface area contributed by atoms with Gasteiger partial charge >= 0.3 is 0 Å². The predicted octanol–water partition coefficient (Wildman–Crippen LogP) is 4.56. The van der Waals surface area contributed by atoms with Crippen LogP contribution in [-0.4, -0.2) is 29.1 Å². The number of hydrogen-bond donors (Lipinski definition) is 1. The van der Waals surface area contributed by atoms with Crippen LogP contribution >= 0.6 is 0 Å². The van der Waals surface area contributed by atoms with Crippen molar-refractivity contribution in [3.8, 4) is 0 Å². The van der Waals surface area contributed by atoms with E-state index in [1.807, 2.05) is 30.3 Å². The highest BCUT2D eigenvalue weighted by molar-refractivity contribution is 5.87. The van der Waals surface area contributed by atoms with E-state index in [2.05, 4.69) is 54.3 Å². The smallest absolute Gasteiger partial charge is 0.130 e. The maximum Gasteiger partial charge on any atom is 0.130 e. The third kappa shape index (κ3) is 2.76. The van der Waals surface area contributed by atoms with Crippen LogP contribution in [0.15, 0.2) is 72.8 Å². The Morgan fingerprint density at radius 3 is 2.24 bits per heavy atom. The summed E-state index contributed by atoms with van der Waals surface area (Å²) in [5.41, 5.74) is 0.925. The van der Waals surface area contributed by atoms with Crippen molar-refractivity contribution >= 4 is 10.8 Å². The summed E-state index contributed by atoms with van der Waals surface area (Å²) in [4.78, 5) is 2.43. The molecule has 1 saturated heterocycles. The number of rotatable bonds is 4. The lowest BCUT2D eigenvalue weighted by Crippen LogP contribution is -2.49. The highest BCUT2D eigenvalue weighted by atomic mass is 16.3. The summed E-state index contributed by atoms with van der Waals surface area (Å²) >= 11 is 0. The lowest BCUT2D eigenvalue weighted by atomic mass is 9.78. The van der Waals surface area contributed by atoms with Gasteiger partial charge in [-0.25, -0.2) is 0 Å². The molecular weight excluding hydrogens is 306 g/mol. The molecular formula is C23H25NO. The van der Waals surface area contributed by atoms with Gasteiger partial charge < -0.3 is 5.11 Å². The van der Waals surface area contributed by atoms with E-state index in [1.165, 1.54) is 18.2 Å². The van der Waals surface area contributed by atoms with E-state index in [9.17, 15) is 5.11 Å². The quantitative estimate of drug-likeness (QED) is 0.757. The van der Waals surface area contributed by atoms with Crippen molar-refractivity contribution < 1.29 is 5.11 Å². The molecule has 1 aliphatic heterocycles. The van der Waals surface area contributed by atoms with Gasteiger partial charge in [0.1, 0.15) is 5.60 Å². The fourth-order valence-corrected chi connectivity index (χ4v) is 4.26. The first-order chi connectivity index (χ1) is 12.2. The highest BCUT2D eigenvalue weighted by Gasteiger charge is 2.42. The third-order valence-corrected chi connectivity index (χ3v) is 5.71. The zero-order valence-corrected chi connectivity index (χ0v) is 14.7. The summed E-state index contributed by atoms with van der Waals surface area (Å²) in [5.74, 6) is 0. The van der Waals surface area contributed by atoms with Gasteiger partial charge in [0.05, 0.1) is 0 Å². The minimum Gasteiger partial charge on any atom is -0.379 e. The standard InChI is InChI=1S/C23H25NO/c1-18(24-16-7-8-17-24)23(25,20-12-3-2-4-13-20)22-15-9-11-19-10-5-6-14-21(19)22/h2-6,9-15,18,25H,7-8,16-17H2,1H3/t18-,23+/m1/s1. The van der Waals surface area contributed by atoms with Crippen molar-refractivity contribution in [2.45, 2.75) is 31.4 Å². The summed E-state index contributed by atoms with van der Waals surface area (Å²) in [6.45, 7) is 4.28. The van der Waals surface area contributed by atoms with Crippen LogP contribution in [0.3, 0.4) is 0 Å². The van der Waals surface area contributed by atoms with Crippen molar-refractivity contribution in [1.82, 2.24) is 4.90 Å². The second-order valence-electron chi connectivity index (χ2n) is 7.08. The second kappa shape index (κ2) is 6.62. The van der Waals surface area contributed by atoms with Crippen LogP contribution in [0.2, 0.25) is 0 Å². The Bertz CT molecular complexity index is 849. The molecule has 0 aliphatic carbocycles. The van der Waals surface area contributed by atoms with Gasteiger partial charge in [-0.3, -0.25) is 4.90 Å². The van der Waals surface area contributed by atoms with Gasteiger partial charge in [-0.2, -0.15) is 0 Å². The van der Waals surface area contributed by atoms with Gasteiger partial charge in [-0.05, 0) is 54.8 Å². The molecule has 3 aromatic carbocycles. The molecule has 2 heteroatoms. The van der Waals surface area contributed by atoms with Gasteiger partial charge in [-0.1, -0.05) is 72.8 Å². The number of benzene rings is 3. The number of hydrogen-bond acceptors (Lipinski definition) is 2. The minimum absolute atomic E-state index is 0.0169. The van der Waals surface area contributed by atoms with Crippen molar-refractivity contribution in [3.63, 3.8) is 0 Å². The van der Waals surface area contributed by atoms with Crippen LogP contribution in [0.5, 0.6) is 0 Å². The number of nitrogens with zero attached hydrogens (tertiary/aromatic N) is 1. The first-order valence-corrected chi connectivity index (χ1v) is 9.21. The largest absolute Gasteiger partial charge is 0.379 e. The fraction of sp³-hybridized carbons (Fsp3) is 0.304. The Morgan fingerprint density at radius 1 is 0.840 bits per heavy atom. The number of likely N-dealkylation sites (tertiary alicyclic amines) is 1. The van der Waals surface area contributed by atoms with Crippen molar-refractivity contribution in [3.05, 3.63) is 83.9 Å². The maximum absolute atomic E-state index is 12.1. The van der Waals surface area contributed by atoms with E-state index >= 15 is 0 Å². The van der Waals surface area contributed by atoms with E-state index in [0.29, 0.717) is 0 Å². The van der Waals surface area contributed by atoms with Gasteiger partial charge in [0.25, 0.3) is 0 Å². The van der Waals surface area contributed by atoms with Crippen LogP contribution in [0, 0.1) is 0 Å². The average molecular weight is 331 g/mol. The lowest BCUT2D eigenvalue weighted by molar-refractivity contribution is -0.00338. The molecule has 0 saturated carbocycles. The monoisotopic (exact) mass is 331 g/mol. The molecule has 2 nitrogen and oxygen atoms in total. The Morgan fingerprint density at radius 2 is 1.48 bits per heavy atom. The Hall–Kier alpha value is -2.16. The lowest BCUT2D eigenvalue weighted by Gasteiger charge is -2.41. The van der Waals surface area contributed by atoms with Gasteiger partial charge in [0, 0.05) is 6.04 Å². The number of fused-ring (bicyclic) bond motifs is 1. The first-order valence-electron chi connectivity index (χ1n) is 9.21. The normalized spacial score (nSPS) is 19.0. The van der Waals surface area contributed by atoms with Gasteiger partial charge in [0.15, 0.2) is 0 Å². The highest BCUT2D eigenvalue weighted by Crippen LogP contribution is 2.39. The number of aliphatic hydroxyl groups is 1. The topological polar surface area (TPSA) is 23.5 Å². The Kier molecular flexibility index (Phi) is 4.32. The van der Waals surface area contributed by atoms with Crippen molar-refractivity contribution in [1.29, 1.82) is 0 Å². The van der Waals surface area contributed by atoms with E-state index in [-0.39, 0.29) is 6.04 Å². The summed E-state index contributed by atoms with van der Waals surface area (Å²) < 4.78 is 0. The molecule has 2 atom stereocenters. The van der Waals surface area contributed by atoms with E-state index < -0.39 is 5.60 Å². The molecule has 128 valence electrons. The van der Waals surface area contributed by atoms with E-state index in [0.717, 1.165) is 29.6 Å². The molecule has 0 spiro atoms. The zero-order valence-electron chi connectivity index (χ0n) is 14.7. The summed E-state index contributed by atoms with van der Waals surface area (Å²) in [6.07, 6.45) is 2.43. The van der Waals surface area contributed by atoms with Gasteiger partial charge in [-0.15, -0.1) is 0 Å². The first kappa shape index (κ1) is 16.3. The fourth-order valence-electron chi connectivity index (χ4n) is 4.26. The SMILES string of the molecule is C[C@@H](N1CCCC1)[C@](O)(c1ccccc1)c1cccc2ccccc12. The average Bonchev–Trinajstić information content (AvgIpc) is 3.22. The molecule has 0 unspecified atom stereocenters. The van der Waals surface area contributed by atoms with Crippen molar-refractivity contribution in [2.75, 3.05) is 13.1 Å². The van der Waals surface area contributed by atoms with Gasteiger partial charge in [0.2, 0.25) is 0 Å². The van der Waals surface area contributed by atoms with Crippen LogP contribution in [0.1, 0.15) is 30.9 Å². The summed E-state index contributed by atoms with van der Waals surface area (Å²) in [7, 11) is 0. The Balaban J connectivity index is 1.94. The molecule has 1 aliphatic rings. The van der Waals surface area contributed by atoms with E-state index in [4.69, 9.17) is 0 Å². The van der Waals surface area contributed by atoms with Crippen LogP contribution in [0.25, 0.3) is 10.8 Å². The summed E-state index contributed by atoms with van der Waals surface area (Å²) in [5, 5.41) is 14.4. The molecule has 3 aromatic rings. The zero-order chi connectivity index (χ0) is 17.3. The molecule has 1 fully saturated rings. The molecule has 0 amide bonds. The van der Waals surface area contributed by atoms with E-state index in [1.54, 1.807) is 0 Å². The van der Waals surface area contributed by atoms with Crippen molar-refractivity contribution in [2.24, 2.45) is 0 Å². The molecule has 0 bridgehead atoms. The second-order valence-corrected chi connectivity index (χ2v) is 7.08. The molecule has 0 aromatic heterocycles. The summed E-state index contributed by atoms with van der Waals surface area (Å²) in [6, 6.07) is 24.8. The molecule has 1 heterocycles. The van der Waals surface area contributed by atoms with Crippen LogP contribution < -0.4 is 0 Å². The molecule has 4 rings (SSSR count). The molecule has 25 heavy (non-hydrogen) atoms. The Labute approximate surface area is 149 Å².